The van der Waals surface area contributed by atoms with Gasteiger partial charge in [-0.05, 0) is 79.1 Å². The lowest BCUT2D eigenvalue weighted by atomic mass is 10.1. The summed E-state index contributed by atoms with van der Waals surface area (Å²) in [5, 5.41) is 12.0. The van der Waals surface area contributed by atoms with Crippen molar-refractivity contribution in [2.45, 2.75) is 20.3 Å². The van der Waals surface area contributed by atoms with Gasteiger partial charge in [-0.15, -0.1) is 0 Å². The van der Waals surface area contributed by atoms with E-state index in [2.05, 4.69) is 5.32 Å². The molecule has 0 unspecified atom stereocenters. The second-order valence-corrected chi connectivity index (χ2v) is 7.12. The number of amides is 1. The molecule has 0 aliphatic carbocycles. The molecule has 0 saturated heterocycles. The lowest BCUT2D eigenvalue weighted by molar-refractivity contribution is -0.136. The Kier molecular flexibility index (Phi) is 6.20. The molecule has 6 heteroatoms. The molecule has 5 nitrogen and oxygen atoms in total. The Morgan fingerprint density at radius 3 is 2.31 bits per heavy atom. The van der Waals surface area contributed by atoms with E-state index >= 15 is 0 Å². The smallest absolute Gasteiger partial charge is 0.307 e. The van der Waals surface area contributed by atoms with Gasteiger partial charge in [-0.25, -0.2) is 0 Å². The van der Waals surface area contributed by atoms with E-state index in [1.807, 2.05) is 26.0 Å². The second kappa shape index (κ2) is 8.80. The van der Waals surface area contributed by atoms with Crippen LogP contribution in [0.4, 0.5) is 5.69 Å². The highest BCUT2D eigenvalue weighted by atomic mass is 35.5. The molecule has 0 heterocycles. The first-order chi connectivity index (χ1) is 13.8. The van der Waals surface area contributed by atoms with Gasteiger partial charge in [-0.1, -0.05) is 23.7 Å². The maximum Gasteiger partial charge on any atom is 0.307 e. The third-order valence-corrected chi connectivity index (χ3v) is 4.76. The highest BCUT2D eigenvalue weighted by molar-refractivity contribution is 6.32. The third-order valence-electron chi connectivity index (χ3n) is 4.46. The summed E-state index contributed by atoms with van der Waals surface area (Å²) in [4.78, 5) is 23.2. The molecule has 0 aliphatic heterocycles. The average molecular weight is 410 g/mol. The molecule has 1 amide bonds. The van der Waals surface area contributed by atoms with Crippen LogP contribution >= 0.6 is 11.6 Å². The van der Waals surface area contributed by atoms with Crippen LogP contribution in [0.15, 0.2) is 60.7 Å². The molecule has 0 atom stereocenters. The van der Waals surface area contributed by atoms with E-state index < -0.39 is 5.97 Å². The van der Waals surface area contributed by atoms with Gasteiger partial charge in [0.25, 0.3) is 5.91 Å². The maximum atomic E-state index is 12.4. The van der Waals surface area contributed by atoms with Crippen molar-refractivity contribution in [3.63, 3.8) is 0 Å². The van der Waals surface area contributed by atoms with Crippen molar-refractivity contribution in [1.82, 2.24) is 0 Å². The number of carboxylic acids is 1. The number of anilines is 1. The fourth-order valence-electron chi connectivity index (χ4n) is 2.73. The Hall–Kier alpha value is -3.31. The van der Waals surface area contributed by atoms with E-state index in [0.717, 1.165) is 11.1 Å². The monoisotopic (exact) mass is 409 g/mol. The molecule has 3 aromatic rings. The van der Waals surface area contributed by atoms with E-state index in [-0.39, 0.29) is 12.3 Å². The van der Waals surface area contributed by atoms with Crippen molar-refractivity contribution < 1.29 is 19.4 Å². The van der Waals surface area contributed by atoms with Crippen molar-refractivity contribution in [3.05, 3.63) is 87.9 Å². The van der Waals surface area contributed by atoms with Crippen LogP contribution in [0.2, 0.25) is 5.02 Å². The number of aliphatic carboxylic acids is 1. The molecule has 0 bridgehead atoms. The number of rotatable bonds is 6. The second-order valence-electron chi connectivity index (χ2n) is 6.71. The number of carboxylic acid groups (broad SMARTS) is 1. The third kappa shape index (κ3) is 5.36. The molecule has 29 heavy (non-hydrogen) atoms. The fourth-order valence-corrected chi connectivity index (χ4v) is 2.97. The van der Waals surface area contributed by atoms with Gasteiger partial charge in [0.2, 0.25) is 0 Å². The predicted molar refractivity (Wildman–Crippen MR) is 113 cm³/mol. The molecule has 0 aliphatic rings. The van der Waals surface area contributed by atoms with Gasteiger partial charge >= 0.3 is 5.97 Å². The van der Waals surface area contributed by atoms with Crippen LogP contribution in [-0.2, 0) is 11.2 Å². The summed E-state index contributed by atoms with van der Waals surface area (Å²) < 4.78 is 5.75. The average Bonchev–Trinajstić information content (AvgIpc) is 2.67. The quantitative estimate of drug-likeness (QED) is 0.553. The summed E-state index contributed by atoms with van der Waals surface area (Å²) in [7, 11) is 0. The minimum atomic E-state index is -0.923. The minimum absolute atomic E-state index is 0.102. The number of hydrogen-bond acceptors (Lipinski definition) is 3. The first-order valence-corrected chi connectivity index (χ1v) is 9.36. The normalized spacial score (nSPS) is 10.4. The van der Waals surface area contributed by atoms with Gasteiger partial charge < -0.3 is 15.2 Å². The zero-order valence-electron chi connectivity index (χ0n) is 16.0. The predicted octanol–water partition coefficient (Wildman–Crippen LogP) is 5.63. The standard InChI is InChI=1S/C23H20ClNO4/c1-14-3-5-17(11-15(14)2)23(28)25-18-6-8-19(9-7-18)29-21-10-4-16(12-20(21)24)13-22(26)27/h3-12H,13H2,1-2H3,(H,25,28)(H,26,27). The molecule has 0 spiro atoms. The van der Waals surface area contributed by atoms with Crippen molar-refractivity contribution in [3.8, 4) is 11.5 Å². The fraction of sp³-hybridized carbons (Fsp3) is 0.130. The Morgan fingerprint density at radius 2 is 1.69 bits per heavy atom. The topological polar surface area (TPSA) is 75.6 Å². The molecule has 0 aromatic heterocycles. The first-order valence-electron chi connectivity index (χ1n) is 8.98. The molecule has 3 rings (SSSR count). The van der Waals surface area contributed by atoms with Crippen LogP contribution < -0.4 is 10.1 Å². The number of hydrogen-bond donors (Lipinski definition) is 2. The lowest BCUT2D eigenvalue weighted by Gasteiger charge is -2.10. The summed E-state index contributed by atoms with van der Waals surface area (Å²) in [5.41, 5.74) is 4.04. The Bertz CT molecular complexity index is 1060. The molecule has 148 valence electrons. The number of carbonyl (C=O) groups excluding carboxylic acids is 1. The number of nitrogens with one attached hydrogen (secondary N) is 1. The number of carbonyl (C=O) groups is 2. The van der Waals surface area contributed by atoms with Crippen LogP contribution in [0.1, 0.15) is 27.0 Å². The summed E-state index contributed by atoms with van der Waals surface area (Å²) in [6, 6.07) is 17.4. The molecule has 3 aromatic carbocycles. The zero-order chi connectivity index (χ0) is 21.0. The number of halogens is 1. The highest BCUT2D eigenvalue weighted by Gasteiger charge is 2.09. The minimum Gasteiger partial charge on any atom is -0.481 e. The van der Waals surface area contributed by atoms with Gasteiger partial charge in [-0.2, -0.15) is 0 Å². The first kappa shape index (κ1) is 20.4. The van der Waals surface area contributed by atoms with Crippen LogP contribution in [-0.4, -0.2) is 17.0 Å². The SMILES string of the molecule is Cc1ccc(C(=O)Nc2ccc(Oc3ccc(CC(=O)O)cc3Cl)cc2)cc1C. The van der Waals surface area contributed by atoms with Crippen molar-refractivity contribution in [2.24, 2.45) is 0 Å². The maximum absolute atomic E-state index is 12.4. The summed E-state index contributed by atoms with van der Waals surface area (Å²) in [5.74, 6) is -0.137. The summed E-state index contributed by atoms with van der Waals surface area (Å²) >= 11 is 6.18. The largest absolute Gasteiger partial charge is 0.481 e. The van der Waals surface area contributed by atoms with Crippen LogP contribution in [0, 0.1) is 13.8 Å². The molecule has 0 fully saturated rings. The number of benzene rings is 3. The van der Waals surface area contributed by atoms with E-state index in [9.17, 15) is 9.59 Å². The van der Waals surface area contributed by atoms with Crippen molar-refractivity contribution >= 4 is 29.2 Å². The van der Waals surface area contributed by atoms with Crippen LogP contribution in [0.3, 0.4) is 0 Å². The highest BCUT2D eigenvalue weighted by Crippen LogP contribution is 2.31. The lowest BCUT2D eigenvalue weighted by Crippen LogP contribution is -2.12. The van der Waals surface area contributed by atoms with E-state index in [1.165, 1.54) is 0 Å². The molecule has 0 saturated carbocycles. The molecular weight excluding hydrogens is 390 g/mol. The Morgan fingerprint density at radius 1 is 0.966 bits per heavy atom. The summed E-state index contributed by atoms with van der Waals surface area (Å²) in [6.07, 6.45) is -0.102. The van der Waals surface area contributed by atoms with Crippen LogP contribution in [0.25, 0.3) is 0 Å². The van der Waals surface area contributed by atoms with Gasteiger partial charge in [-0.3, -0.25) is 9.59 Å². The molecule has 0 radical (unpaired) electrons. The Balaban J connectivity index is 1.66. The van der Waals surface area contributed by atoms with Gasteiger partial charge in [0.1, 0.15) is 11.5 Å². The van der Waals surface area contributed by atoms with Gasteiger partial charge in [0.05, 0.1) is 11.4 Å². The Labute approximate surface area is 173 Å². The van der Waals surface area contributed by atoms with E-state index in [1.54, 1.807) is 48.5 Å². The zero-order valence-corrected chi connectivity index (χ0v) is 16.8. The van der Waals surface area contributed by atoms with E-state index in [4.69, 9.17) is 21.4 Å². The van der Waals surface area contributed by atoms with Gasteiger partial charge in [0, 0.05) is 11.3 Å². The summed E-state index contributed by atoms with van der Waals surface area (Å²) in [6.45, 7) is 3.97. The number of aryl methyl sites for hydroxylation is 2. The van der Waals surface area contributed by atoms with Gasteiger partial charge in [0.15, 0.2) is 0 Å². The van der Waals surface area contributed by atoms with Crippen molar-refractivity contribution in [1.29, 1.82) is 0 Å². The van der Waals surface area contributed by atoms with E-state index in [0.29, 0.717) is 33.3 Å². The molecule has 2 N–H and O–H groups in total. The number of ether oxygens (including phenoxy) is 1. The van der Waals surface area contributed by atoms with Crippen molar-refractivity contribution in [2.75, 3.05) is 5.32 Å². The molecular formula is C23H20ClNO4. The van der Waals surface area contributed by atoms with Crippen LogP contribution in [0.5, 0.6) is 11.5 Å².